The summed E-state index contributed by atoms with van der Waals surface area (Å²) in [6, 6.07) is 4.97. The Hall–Kier alpha value is -2.25. The van der Waals surface area contributed by atoms with Crippen molar-refractivity contribution in [2.24, 2.45) is 0 Å². The molecule has 0 fully saturated rings. The summed E-state index contributed by atoms with van der Waals surface area (Å²) in [6.45, 7) is -0.0814. The van der Waals surface area contributed by atoms with Crippen LogP contribution in [0.2, 0.25) is 5.02 Å². The molecule has 0 atom stereocenters. The number of hydrogen-bond donors (Lipinski definition) is 2. The zero-order chi connectivity index (χ0) is 15.2. The van der Waals surface area contributed by atoms with Gasteiger partial charge in [0.1, 0.15) is 18.0 Å². The smallest absolute Gasteiger partial charge is 0.325 e. The summed E-state index contributed by atoms with van der Waals surface area (Å²) in [5.74, 6) is 1.06. The van der Waals surface area contributed by atoms with Crippen LogP contribution in [-0.2, 0) is 0 Å². The quantitative estimate of drug-likeness (QED) is 0.840. The van der Waals surface area contributed by atoms with Crippen molar-refractivity contribution < 1.29 is 19.3 Å². The second-order valence-corrected chi connectivity index (χ2v) is 4.29. The molecule has 0 saturated heterocycles. The predicted octanol–water partition coefficient (Wildman–Crippen LogP) is 1.88. The Morgan fingerprint density at radius 3 is 2.90 bits per heavy atom. The lowest BCUT2D eigenvalue weighted by molar-refractivity contribution is 0.196. The number of methoxy groups -OCH3 is 1. The van der Waals surface area contributed by atoms with Crippen molar-refractivity contribution in [3.8, 4) is 23.4 Å². The standard InChI is InChI=1S/C13H14ClN3O4/c1-19-8-2-3-9(14)11(6-8)21-13-16-7-10(15)12(17-13)20-5-4-18/h2-3,6-7,18H,4-5,15H2,1H3. The summed E-state index contributed by atoms with van der Waals surface area (Å²) in [7, 11) is 1.54. The average Bonchev–Trinajstić information content (AvgIpc) is 2.50. The SMILES string of the molecule is COc1ccc(Cl)c(Oc2ncc(N)c(OCCO)n2)c1. The molecule has 3 N–H and O–H groups in total. The fourth-order valence-electron chi connectivity index (χ4n) is 1.45. The largest absolute Gasteiger partial charge is 0.497 e. The molecule has 2 rings (SSSR count). The molecular weight excluding hydrogens is 298 g/mol. The predicted molar refractivity (Wildman–Crippen MR) is 77.1 cm³/mol. The molecular formula is C13H14ClN3O4. The highest BCUT2D eigenvalue weighted by atomic mass is 35.5. The van der Waals surface area contributed by atoms with Gasteiger partial charge in [-0.15, -0.1) is 0 Å². The van der Waals surface area contributed by atoms with Crippen molar-refractivity contribution >= 4 is 17.3 Å². The number of nitrogen functional groups attached to an aromatic ring is 1. The van der Waals surface area contributed by atoms with Crippen LogP contribution in [0.15, 0.2) is 24.4 Å². The number of aliphatic hydroxyl groups excluding tert-OH is 1. The Morgan fingerprint density at radius 1 is 1.38 bits per heavy atom. The highest BCUT2D eigenvalue weighted by Gasteiger charge is 2.10. The van der Waals surface area contributed by atoms with Crippen molar-refractivity contribution in [3.63, 3.8) is 0 Å². The molecule has 0 aliphatic heterocycles. The molecule has 0 aliphatic rings. The third-order valence-electron chi connectivity index (χ3n) is 2.43. The minimum Gasteiger partial charge on any atom is -0.497 e. The van der Waals surface area contributed by atoms with Crippen LogP contribution in [0.5, 0.6) is 23.4 Å². The van der Waals surface area contributed by atoms with E-state index in [1.165, 1.54) is 13.3 Å². The highest BCUT2D eigenvalue weighted by molar-refractivity contribution is 6.32. The first kappa shape index (κ1) is 15.1. The van der Waals surface area contributed by atoms with E-state index in [1.54, 1.807) is 18.2 Å². The van der Waals surface area contributed by atoms with Gasteiger partial charge in [-0.1, -0.05) is 11.6 Å². The molecule has 0 bridgehead atoms. The summed E-state index contributed by atoms with van der Waals surface area (Å²) < 4.78 is 15.8. The van der Waals surface area contributed by atoms with Gasteiger partial charge in [-0.2, -0.15) is 4.98 Å². The number of ether oxygens (including phenoxy) is 3. The Bertz CT molecular complexity index is 624. The van der Waals surface area contributed by atoms with Crippen LogP contribution >= 0.6 is 11.6 Å². The molecule has 0 amide bonds. The zero-order valence-electron chi connectivity index (χ0n) is 11.2. The van der Waals surface area contributed by atoms with E-state index in [1.807, 2.05) is 0 Å². The number of halogens is 1. The summed E-state index contributed by atoms with van der Waals surface area (Å²) >= 11 is 6.03. The van der Waals surface area contributed by atoms with E-state index in [2.05, 4.69) is 9.97 Å². The van der Waals surface area contributed by atoms with E-state index in [9.17, 15) is 0 Å². The molecule has 8 heteroatoms. The lowest BCUT2D eigenvalue weighted by Crippen LogP contribution is -2.06. The summed E-state index contributed by atoms with van der Waals surface area (Å²) in [6.07, 6.45) is 1.35. The van der Waals surface area contributed by atoms with E-state index >= 15 is 0 Å². The van der Waals surface area contributed by atoms with Crippen molar-refractivity contribution in [2.75, 3.05) is 26.1 Å². The van der Waals surface area contributed by atoms with Gasteiger partial charge in [0.25, 0.3) is 0 Å². The van der Waals surface area contributed by atoms with Crippen LogP contribution in [0, 0.1) is 0 Å². The molecule has 0 spiro atoms. The van der Waals surface area contributed by atoms with Crippen molar-refractivity contribution in [1.82, 2.24) is 9.97 Å². The molecule has 1 aromatic carbocycles. The van der Waals surface area contributed by atoms with Crippen LogP contribution < -0.4 is 19.9 Å². The highest BCUT2D eigenvalue weighted by Crippen LogP contribution is 2.32. The fraction of sp³-hybridized carbons (Fsp3) is 0.231. The Kier molecular flexibility index (Phi) is 5.02. The van der Waals surface area contributed by atoms with Crippen LogP contribution in [0.3, 0.4) is 0 Å². The van der Waals surface area contributed by atoms with Crippen LogP contribution in [-0.4, -0.2) is 35.4 Å². The van der Waals surface area contributed by atoms with Gasteiger partial charge in [0.15, 0.2) is 5.75 Å². The maximum Gasteiger partial charge on any atom is 0.325 e. The number of anilines is 1. The first-order valence-electron chi connectivity index (χ1n) is 6.01. The third kappa shape index (κ3) is 3.87. The Balaban J connectivity index is 2.23. The number of nitrogens with two attached hydrogens (primary N) is 1. The van der Waals surface area contributed by atoms with Crippen LogP contribution in [0.4, 0.5) is 5.69 Å². The Morgan fingerprint density at radius 2 is 2.19 bits per heavy atom. The normalized spacial score (nSPS) is 10.2. The maximum atomic E-state index is 8.75. The molecule has 0 aliphatic carbocycles. The van der Waals surface area contributed by atoms with E-state index in [0.717, 1.165) is 0 Å². The monoisotopic (exact) mass is 311 g/mol. The molecule has 1 aromatic heterocycles. The van der Waals surface area contributed by atoms with Crippen molar-refractivity contribution in [2.45, 2.75) is 0 Å². The van der Waals surface area contributed by atoms with Gasteiger partial charge in [-0.3, -0.25) is 0 Å². The van der Waals surface area contributed by atoms with Crippen molar-refractivity contribution in [3.05, 3.63) is 29.4 Å². The van der Waals surface area contributed by atoms with E-state index < -0.39 is 0 Å². The van der Waals surface area contributed by atoms with Gasteiger partial charge in [0.2, 0.25) is 5.88 Å². The number of benzene rings is 1. The number of aromatic nitrogens is 2. The number of hydrogen-bond acceptors (Lipinski definition) is 7. The van der Waals surface area contributed by atoms with E-state index in [0.29, 0.717) is 16.5 Å². The average molecular weight is 312 g/mol. The van der Waals surface area contributed by atoms with Gasteiger partial charge < -0.3 is 25.1 Å². The summed E-state index contributed by atoms with van der Waals surface area (Å²) in [5.41, 5.74) is 5.91. The van der Waals surface area contributed by atoms with Gasteiger partial charge >= 0.3 is 6.01 Å². The van der Waals surface area contributed by atoms with Gasteiger partial charge in [0.05, 0.1) is 24.9 Å². The molecule has 112 valence electrons. The van der Waals surface area contributed by atoms with Crippen molar-refractivity contribution in [1.29, 1.82) is 0 Å². The van der Waals surface area contributed by atoms with Gasteiger partial charge in [-0.05, 0) is 12.1 Å². The second-order valence-electron chi connectivity index (χ2n) is 3.88. The molecule has 0 radical (unpaired) electrons. The fourth-order valence-corrected chi connectivity index (χ4v) is 1.61. The third-order valence-corrected chi connectivity index (χ3v) is 2.74. The summed E-state index contributed by atoms with van der Waals surface area (Å²) in [5, 5.41) is 9.13. The first-order valence-corrected chi connectivity index (χ1v) is 6.39. The van der Waals surface area contributed by atoms with Crippen LogP contribution in [0.25, 0.3) is 0 Å². The van der Waals surface area contributed by atoms with Gasteiger partial charge in [0, 0.05) is 6.07 Å². The molecule has 1 heterocycles. The lowest BCUT2D eigenvalue weighted by atomic mass is 10.3. The molecule has 0 unspecified atom stereocenters. The maximum absolute atomic E-state index is 8.75. The lowest BCUT2D eigenvalue weighted by Gasteiger charge is -2.10. The second kappa shape index (κ2) is 6.96. The summed E-state index contributed by atoms with van der Waals surface area (Å²) in [4.78, 5) is 7.95. The number of aliphatic hydroxyl groups is 1. The topological polar surface area (TPSA) is 99.7 Å². The van der Waals surface area contributed by atoms with Gasteiger partial charge in [-0.25, -0.2) is 4.98 Å². The Labute approximate surface area is 126 Å². The molecule has 21 heavy (non-hydrogen) atoms. The molecule has 0 saturated carbocycles. The molecule has 2 aromatic rings. The zero-order valence-corrected chi connectivity index (χ0v) is 12.0. The van der Waals surface area contributed by atoms with E-state index in [-0.39, 0.29) is 30.8 Å². The minimum atomic E-state index is -0.151. The van der Waals surface area contributed by atoms with E-state index in [4.69, 9.17) is 36.7 Å². The number of nitrogens with zero attached hydrogens (tertiary/aromatic N) is 2. The van der Waals surface area contributed by atoms with Crippen LogP contribution in [0.1, 0.15) is 0 Å². The molecule has 7 nitrogen and oxygen atoms in total. The number of rotatable bonds is 6. The minimum absolute atomic E-state index is 0.0206. The first-order chi connectivity index (χ1) is 10.1.